The molecule has 1 amide bonds. The average Bonchev–Trinajstić information content (AvgIpc) is 2.77. The van der Waals surface area contributed by atoms with Crippen LogP contribution in [0.15, 0.2) is 28.7 Å². The minimum absolute atomic E-state index is 0.0752. The van der Waals surface area contributed by atoms with Gasteiger partial charge in [0.15, 0.2) is 0 Å². The summed E-state index contributed by atoms with van der Waals surface area (Å²) in [6.45, 7) is 1.09. The molecule has 1 aromatic heterocycles. The number of amides is 1. The fraction of sp³-hybridized carbons (Fsp3) is 0.231. The van der Waals surface area contributed by atoms with E-state index in [1.54, 1.807) is 6.07 Å². The van der Waals surface area contributed by atoms with E-state index in [0.717, 1.165) is 10.9 Å². The number of carbonyl (C=O) groups excluding carboxylic acids is 1. The number of carboxylic acids is 1. The molecule has 6 heteroatoms. The van der Waals surface area contributed by atoms with E-state index in [1.165, 1.54) is 6.07 Å². The van der Waals surface area contributed by atoms with Gasteiger partial charge in [-0.2, -0.15) is 0 Å². The zero-order valence-corrected chi connectivity index (χ0v) is 10.2. The van der Waals surface area contributed by atoms with E-state index < -0.39 is 5.97 Å². The smallest absolute Gasteiger partial charge is 0.371 e. The minimum atomic E-state index is -1.09. The molecule has 0 saturated carbocycles. The lowest BCUT2D eigenvalue weighted by Gasteiger charge is -2.03. The van der Waals surface area contributed by atoms with Crippen molar-refractivity contribution in [2.75, 3.05) is 6.54 Å². The summed E-state index contributed by atoms with van der Waals surface area (Å²) in [5.41, 5.74) is 6.55. The number of furan rings is 1. The molecule has 4 N–H and O–H groups in total. The molecule has 1 aromatic carbocycles. The van der Waals surface area contributed by atoms with Gasteiger partial charge in [-0.15, -0.1) is 0 Å². The summed E-state index contributed by atoms with van der Waals surface area (Å²) < 4.78 is 5.16. The SMILES string of the molecule is NC(=O)CCNCc1ccc2oc(C(=O)O)cc2c1. The van der Waals surface area contributed by atoms with Crippen LogP contribution in [0, 0.1) is 0 Å². The fourth-order valence-electron chi connectivity index (χ4n) is 1.75. The second kappa shape index (κ2) is 5.53. The van der Waals surface area contributed by atoms with Crippen LogP contribution in [0.25, 0.3) is 11.0 Å². The van der Waals surface area contributed by atoms with Gasteiger partial charge in [0.25, 0.3) is 0 Å². The van der Waals surface area contributed by atoms with Crippen LogP contribution in [-0.2, 0) is 11.3 Å². The second-order valence-electron chi connectivity index (χ2n) is 4.18. The Hall–Kier alpha value is -2.34. The lowest BCUT2D eigenvalue weighted by molar-refractivity contribution is -0.117. The van der Waals surface area contributed by atoms with Gasteiger partial charge < -0.3 is 20.6 Å². The van der Waals surface area contributed by atoms with E-state index in [2.05, 4.69) is 5.32 Å². The summed E-state index contributed by atoms with van der Waals surface area (Å²) >= 11 is 0. The number of hydrogen-bond donors (Lipinski definition) is 3. The van der Waals surface area contributed by atoms with Crippen LogP contribution in [0.3, 0.4) is 0 Å². The number of primary amides is 1. The molecule has 0 saturated heterocycles. The predicted octanol–water partition coefficient (Wildman–Crippen LogP) is 1.10. The van der Waals surface area contributed by atoms with E-state index >= 15 is 0 Å². The van der Waals surface area contributed by atoms with Crippen LogP contribution in [0.4, 0.5) is 0 Å². The third-order valence-corrected chi connectivity index (χ3v) is 2.67. The molecule has 0 aliphatic heterocycles. The van der Waals surface area contributed by atoms with E-state index in [9.17, 15) is 9.59 Å². The largest absolute Gasteiger partial charge is 0.475 e. The van der Waals surface area contributed by atoms with E-state index in [0.29, 0.717) is 18.7 Å². The number of benzene rings is 1. The van der Waals surface area contributed by atoms with Crippen molar-refractivity contribution in [1.29, 1.82) is 0 Å². The minimum Gasteiger partial charge on any atom is -0.475 e. The van der Waals surface area contributed by atoms with Crippen LogP contribution >= 0.6 is 0 Å². The van der Waals surface area contributed by atoms with E-state index in [4.69, 9.17) is 15.3 Å². The molecule has 2 rings (SSSR count). The van der Waals surface area contributed by atoms with Crippen LogP contribution < -0.4 is 11.1 Å². The van der Waals surface area contributed by atoms with Crippen molar-refractivity contribution in [3.63, 3.8) is 0 Å². The molecule has 1 heterocycles. The van der Waals surface area contributed by atoms with Crippen molar-refractivity contribution < 1.29 is 19.1 Å². The van der Waals surface area contributed by atoms with Gasteiger partial charge in [-0.25, -0.2) is 4.79 Å². The predicted molar refractivity (Wildman–Crippen MR) is 68.7 cm³/mol. The molecule has 2 aromatic rings. The monoisotopic (exact) mass is 262 g/mol. The first-order valence-corrected chi connectivity index (χ1v) is 5.81. The fourth-order valence-corrected chi connectivity index (χ4v) is 1.75. The first-order valence-electron chi connectivity index (χ1n) is 5.81. The van der Waals surface area contributed by atoms with Crippen molar-refractivity contribution >= 4 is 22.8 Å². The zero-order valence-electron chi connectivity index (χ0n) is 10.2. The molecular formula is C13H14N2O4. The molecule has 19 heavy (non-hydrogen) atoms. The Morgan fingerprint density at radius 1 is 1.32 bits per heavy atom. The molecule has 0 unspecified atom stereocenters. The molecular weight excluding hydrogens is 248 g/mol. The van der Waals surface area contributed by atoms with Crippen LogP contribution in [0.2, 0.25) is 0 Å². The third kappa shape index (κ3) is 3.32. The van der Waals surface area contributed by atoms with Crippen LogP contribution in [-0.4, -0.2) is 23.5 Å². The van der Waals surface area contributed by atoms with E-state index in [-0.39, 0.29) is 18.1 Å². The number of rotatable bonds is 6. The average molecular weight is 262 g/mol. The van der Waals surface area contributed by atoms with Crippen molar-refractivity contribution in [1.82, 2.24) is 5.32 Å². The maximum Gasteiger partial charge on any atom is 0.371 e. The highest BCUT2D eigenvalue weighted by Crippen LogP contribution is 2.20. The van der Waals surface area contributed by atoms with Gasteiger partial charge in [0, 0.05) is 24.9 Å². The lowest BCUT2D eigenvalue weighted by atomic mass is 10.1. The molecule has 0 radical (unpaired) electrons. The molecule has 0 bridgehead atoms. The van der Waals surface area contributed by atoms with Gasteiger partial charge in [0.05, 0.1) is 0 Å². The number of carboxylic acid groups (broad SMARTS) is 1. The summed E-state index contributed by atoms with van der Waals surface area (Å²) in [4.78, 5) is 21.3. The normalized spacial score (nSPS) is 10.7. The van der Waals surface area contributed by atoms with E-state index in [1.807, 2.05) is 12.1 Å². The lowest BCUT2D eigenvalue weighted by Crippen LogP contribution is -2.21. The Labute approximate surface area is 109 Å². The maximum absolute atomic E-state index is 10.8. The highest BCUT2D eigenvalue weighted by Gasteiger charge is 2.10. The van der Waals surface area contributed by atoms with Crippen molar-refractivity contribution in [3.05, 3.63) is 35.6 Å². The van der Waals surface area contributed by atoms with Crippen LogP contribution in [0.5, 0.6) is 0 Å². The molecule has 100 valence electrons. The highest BCUT2D eigenvalue weighted by molar-refractivity contribution is 5.91. The number of nitrogens with one attached hydrogen (secondary N) is 1. The molecule has 6 nitrogen and oxygen atoms in total. The summed E-state index contributed by atoms with van der Waals surface area (Å²) in [7, 11) is 0. The Morgan fingerprint density at radius 3 is 2.79 bits per heavy atom. The van der Waals surface area contributed by atoms with Crippen molar-refractivity contribution in [3.8, 4) is 0 Å². The maximum atomic E-state index is 10.8. The van der Waals surface area contributed by atoms with Crippen molar-refractivity contribution in [2.45, 2.75) is 13.0 Å². The molecule has 0 fully saturated rings. The first kappa shape index (κ1) is 13.1. The molecule has 0 spiro atoms. The Kier molecular flexibility index (Phi) is 3.82. The van der Waals surface area contributed by atoms with Gasteiger partial charge in [-0.3, -0.25) is 4.79 Å². The van der Waals surface area contributed by atoms with Gasteiger partial charge in [-0.1, -0.05) is 6.07 Å². The second-order valence-corrected chi connectivity index (χ2v) is 4.18. The standard InChI is InChI=1S/C13H14N2O4/c14-12(16)3-4-15-7-8-1-2-10-9(5-8)6-11(19-10)13(17)18/h1-2,5-6,15H,3-4,7H2,(H2,14,16)(H,17,18). The van der Waals surface area contributed by atoms with Gasteiger partial charge >= 0.3 is 5.97 Å². The number of nitrogens with two attached hydrogens (primary N) is 1. The first-order chi connectivity index (χ1) is 9.06. The van der Waals surface area contributed by atoms with Gasteiger partial charge in [-0.05, 0) is 23.8 Å². The van der Waals surface area contributed by atoms with Gasteiger partial charge in [0.1, 0.15) is 5.58 Å². The zero-order chi connectivity index (χ0) is 13.8. The van der Waals surface area contributed by atoms with Crippen molar-refractivity contribution in [2.24, 2.45) is 5.73 Å². The molecule has 0 aliphatic rings. The highest BCUT2D eigenvalue weighted by atomic mass is 16.4. The number of carbonyl (C=O) groups is 2. The van der Waals surface area contributed by atoms with Gasteiger partial charge in [0.2, 0.25) is 11.7 Å². The summed E-state index contributed by atoms with van der Waals surface area (Å²) in [5, 5.41) is 12.7. The topological polar surface area (TPSA) is 106 Å². The summed E-state index contributed by atoms with van der Waals surface area (Å²) in [6, 6.07) is 6.91. The third-order valence-electron chi connectivity index (χ3n) is 2.67. The Balaban J connectivity index is 2.04. The number of fused-ring (bicyclic) bond motifs is 1. The Morgan fingerprint density at radius 2 is 2.11 bits per heavy atom. The molecule has 0 atom stereocenters. The summed E-state index contributed by atoms with van der Waals surface area (Å²) in [5.74, 6) is -1.50. The molecule has 0 aliphatic carbocycles. The number of hydrogen-bond acceptors (Lipinski definition) is 4. The Bertz CT molecular complexity index is 618. The quantitative estimate of drug-likeness (QED) is 0.676. The van der Waals surface area contributed by atoms with Crippen LogP contribution in [0.1, 0.15) is 22.5 Å². The number of aromatic carboxylic acids is 1. The summed E-state index contributed by atoms with van der Waals surface area (Å²) in [6.07, 6.45) is 0.289.